The Labute approximate surface area is 262 Å². The van der Waals surface area contributed by atoms with Crippen LogP contribution in [-0.4, -0.2) is 13.2 Å². The topological polar surface area (TPSA) is 51.8 Å². The third kappa shape index (κ3) is 4.19. The minimum absolute atomic E-state index is 0.127. The molecule has 0 fully saturated rings. The van der Waals surface area contributed by atoms with Gasteiger partial charge in [0.05, 0.1) is 25.3 Å². The SMILES string of the molecule is CC1(C)c2cc(Oc3ccc4c(c3)C(C)(C)[C@@H]3COc5ccc(Cl)cc5[C@@H]3N4)ccc2N[C@@H]2c3cc(Cl)ccc3OC[C@H]21. The molecule has 43 heavy (non-hydrogen) atoms. The van der Waals surface area contributed by atoms with Gasteiger partial charge in [-0.05, 0) is 83.9 Å². The average molecular weight is 614 g/mol. The van der Waals surface area contributed by atoms with Gasteiger partial charge >= 0.3 is 0 Å². The van der Waals surface area contributed by atoms with Gasteiger partial charge in [-0.25, -0.2) is 0 Å². The summed E-state index contributed by atoms with van der Waals surface area (Å²) in [7, 11) is 0. The van der Waals surface area contributed by atoms with Crippen molar-refractivity contribution >= 4 is 34.6 Å². The van der Waals surface area contributed by atoms with E-state index in [9.17, 15) is 0 Å². The summed E-state index contributed by atoms with van der Waals surface area (Å²) >= 11 is 12.8. The van der Waals surface area contributed by atoms with Gasteiger partial charge in [0.2, 0.25) is 0 Å². The van der Waals surface area contributed by atoms with Gasteiger partial charge in [-0.3, -0.25) is 0 Å². The first kappa shape index (κ1) is 27.0. The lowest BCUT2D eigenvalue weighted by Crippen LogP contribution is -2.46. The van der Waals surface area contributed by atoms with Crippen molar-refractivity contribution in [2.75, 3.05) is 23.8 Å². The number of nitrogens with one attached hydrogen (secondary N) is 2. The van der Waals surface area contributed by atoms with Gasteiger partial charge in [0.1, 0.15) is 23.0 Å². The summed E-state index contributed by atoms with van der Waals surface area (Å²) < 4.78 is 19.0. The Morgan fingerprint density at radius 1 is 0.628 bits per heavy atom. The molecule has 4 aliphatic rings. The van der Waals surface area contributed by atoms with E-state index in [0.717, 1.165) is 55.5 Å². The molecular weight excluding hydrogens is 579 g/mol. The predicted octanol–water partition coefficient (Wildman–Crippen LogP) is 9.69. The Bertz CT molecular complexity index is 1660. The lowest BCUT2D eigenvalue weighted by Gasteiger charge is -2.48. The van der Waals surface area contributed by atoms with E-state index in [2.05, 4.69) is 74.7 Å². The first-order chi connectivity index (χ1) is 20.6. The monoisotopic (exact) mass is 612 g/mol. The van der Waals surface area contributed by atoms with Crippen molar-refractivity contribution in [1.82, 2.24) is 0 Å². The molecule has 220 valence electrons. The normalized spacial score (nSPS) is 25.0. The van der Waals surface area contributed by atoms with Crippen LogP contribution >= 0.6 is 23.2 Å². The number of anilines is 2. The summed E-state index contributed by atoms with van der Waals surface area (Å²) in [5.74, 6) is 3.92. The first-order valence-electron chi connectivity index (χ1n) is 14.9. The fraction of sp³-hybridized carbons (Fsp3) is 0.333. The van der Waals surface area contributed by atoms with Crippen molar-refractivity contribution in [3.8, 4) is 23.0 Å². The molecule has 0 radical (unpaired) electrons. The second-order valence-electron chi connectivity index (χ2n) is 13.4. The molecule has 5 nitrogen and oxygen atoms in total. The summed E-state index contributed by atoms with van der Waals surface area (Å²) in [5.41, 5.74) is 6.61. The van der Waals surface area contributed by atoms with E-state index in [1.165, 1.54) is 11.1 Å². The number of halogens is 2. The van der Waals surface area contributed by atoms with Gasteiger partial charge in [-0.2, -0.15) is 0 Å². The number of hydrogen-bond donors (Lipinski definition) is 2. The van der Waals surface area contributed by atoms with Crippen LogP contribution in [0.2, 0.25) is 10.0 Å². The van der Waals surface area contributed by atoms with Crippen LogP contribution in [0.15, 0.2) is 72.8 Å². The molecular formula is C36H34Cl2N2O3. The summed E-state index contributed by atoms with van der Waals surface area (Å²) in [5, 5.41) is 9.04. The van der Waals surface area contributed by atoms with Crippen LogP contribution in [0, 0.1) is 11.8 Å². The van der Waals surface area contributed by atoms with E-state index < -0.39 is 0 Å². The lowest BCUT2D eigenvalue weighted by atomic mass is 9.65. The molecule has 8 rings (SSSR count). The summed E-state index contributed by atoms with van der Waals surface area (Å²) in [4.78, 5) is 0. The van der Waals surface area contributed by atoms with Gasteiger partial charge in [0.15, 0.2) is 0 Å². The number of benzene rings is 4. The minimum atomic E-state index is -0.151. The molecule has 4 heterocycles. The summed E-state index contributed by atoms with van der Waals surface area (Å²) in [6.07, 6.45) is 0. The Balaban J connectivity index is 1.10. The van der Waals surface area contributed by atoms with Crippen LogP contribution in [-0.2, 0) is 10.8 Å². The largest absolute Gasteiger partial charge is 0.493 e. The smallest absolute Gasteiger partial charge is 0.127 e. The second kappa shape index (κ2) is 9.48. The number of fused-ring (bicyclic) bond motifs is 8. The Kier molecular flexibility index (Phi) is 5.96. The molecule has 0 saturated carbocycles. The highest BCUT2D eigenvalue weighted by atomic mass is 35.5. The second-order valence-corrected chi connectivity index (χ2v) is 14.3. The highest BCUT2D eigenvalue weighted by molar-refractivity contribution is 6.31. The van der Waals surface area contributed by atoms with Crippen LogP contribution in [0.3, 0.4) is 0 Å². The molecule has 0 aromatic heterocycles. The van der Waals surface area contributed by atoms with Crippen molar-refractivity contribution < 1.29 is 14.2 Å². The summed E-state index contributed by atoms with van der Waals surface area (Å²) in [6, 6.07) is 24.8. The molecule has 7 heteroatoms. The summed E-state index contributed by atoms with van der Waals surface area (Å²) in [6.45, 7) is 10.5. The fourth-order valence-corrected chi connectivity index (χ4v) is 8.10. The molecule has 4 aliphatic heterocycles. The van der Waals surface area contributed by atoms with Crippen molar-refractivity contribution in [3.05, 3.63) is 105 Å². The molecule has 4 aromatic carbocycles. The standard InChI is InChI=1S/C36H34Cl2N2O3/c1-35(2)25-15-21(7-9-29(25)39-33-23-13-19(37)5-11-31(23)41-17-27(33)35)43-22-8-10-30-26(16-22)36(3,4)28-18-42-32-12-6-20(38)14-24(32)34(28)40-30/h5-16,27-28,33-34,39-40H,17-18H2,1-4H3/t27-,28-,33-,34+/m1/s1. The molecule has 0 saturated heterocycles. The van der Waals surface area contributed by atoms with Gasteiger partial charge in [0, 0.05) is 55.2 Å². The van der Waals surface area contributed by atoms with Crippen LogP contribution in [0.4, 0.5) is 11.4 Å². The number of hydrogen-bond acceptors (Lipinski definition) is 5. The van der Waals surface area contributed by atoms with Crippen LogP contribution in [0.1, 0.15) is 62.0 Å². The maximum Gasteiger partial charge on any atom is 0.127 e. The van der Waals surface area contributed by atoms with Crippen molar-refractivity contribution in [2.45, 2.75) is 50.6 Å². The van der Waals surface area contributed by atoms with Crippen molar-refractivity contribution in [2.24, 2.45) is 11.8 Å². The van der Waals surface area contributed by atoms with Crippen molar-refractivity contribution in [3.63, 3.8) is 0 Å². The molecule has 0 amide bonds. The van der Waals surface area contributed by atoms with Crippen LogP contribution in [0.5, 0.6) is 23.0 Å². The Hall–Kier alpha value is -3.54. The van der Waals surface area contributed by atoms with E-state index in [4.69, 9.17) is 37.4 Å². The van der Waals surface area contributed by atoms with E-state index >= 15 is 0 Å². The van der Waals surface area contributed by atoms with Gasteiger partial charge in [0.25, 0.3) is 0 Å². The highest BCUT2D eigenvalue weighted by Crippen LogP contribution is 2.55. The number of ether oxygens (including phenoxy) is 3. The van der Waals surface area contributed by atoms with Gasteiger partial charge in [-0.1, -0.05) is 50.9 Å². The molecule has 0 aliphatic carbocycles. The Morgan fingerprint density at radius 3 is 1.51 bits per heavy atom. The maximum absolute atomic E-state index is 6.56. The molecule has 4 aromatic rings. The van der Waals surface area contributed by atoms with E-state index in [0.29, 0.717) is 13.2 Å². The van der Waals surface area contributed by atoms with Gasteiger partial charge in [-0.15, -0.1) is 0 Å². The van der Waals surface area contributed by atoms with E-state index in [-0.39, 0.29) is 34.7 Å². The first-order valence-corrected chi connectivity index (χ1v) is 15.7. The minimum Gasteiger partial charge on any atom is -0.493 e. The highest BCUT2D eigenvalue weighted by Gasteiger charge is 2.48. The molecule has 0 bridgehead atoms. The molecule has 2 N–H and O–H groups in total. The Morgan fingerprint density at radius 2 is 1.07 bits per heavy atom. The molecule has 0 unspecified atom stereocenters. The molecule has 0 spiro atoms. The lowest BCUT2D eigenvalue weighted by molar-refractivity contribution is 0.135. The zero-order valence-electron chi connectivity index (χ0n) is 24.6. The third-order valence-corrected chi connectivity index (χ3v) is 10.8. The van der Waals surface area contributed by atoms with Crippen molar-refractivity contribution in [1.29, 1.82) is 0 Å². The van der Waals surface area contributed by atoms with Crippen LogP contribution < -0.4 is 24.8 Å². The molecule has 4 atom stereocenters. The number of rotatable bonds is 2. The van der Waals surface area contributed by atoms with E-state index in [1.807, 2.05) is 36.4 Å². The average Bonchev–Trinajstić information content (AvgIpc) is 2.98. The zero-order valence-corrected chi connectivity index (χ0v) is 26.1. The predicted molar refractivity (Wildman–Crippen MR) is 173 cm³/mol. The fourth-order valence-electron chi connectivity index (χ4n) is 7.74. The van der Waals surface area contributed by atoms with Crippen LogP contribution in [0.25, 0.3) is 0 Å². The third-order valence-electron chi connectivity index (χ3n) is 10.3. The maximum atomic E-state index is 6.56. The zero-order chi connectivity index (χ0) is 29.7. The van der Waals surface area contributed by atoms with Gasteiger partial charge < -0.3 is 24.8 Å². The quantitative estimate of drug-likeness (QED) is 0.236. The van der Waals surface area contributed by atoms with E-state index in [1.54, 1.807) is 0 Å².